The fourth-order valence-electron chi connectivity index (χ4n) is 3.48. The van der Waals surface area contributed by atoms with E-state index in [-0.39, 0.29) is 23.8 Å². The summed E-state index contributed by atoms with van der Waals surface area (Å²) in [5, 5.41) is 0. The molecule has 0 saturated heterocycles. The number of pyridine rings is 1. The molecule has 6 heteroatoms. The Morgan fingerprint density at radius 1 is 0.906 bits per heavy atom. The summed E-state index contributed by atoms with van der Waals surface area (Å²) in [5.41, 5.74) is 2.92. The molecule has 0 aliphatic carbocycles. The molecule has 1 aliphatic rings. The lowest BCUT2D eigenvalue weighted by Crippen LogP contribution is -2.20. The summed E-state index contributed by atoms with van der Waals surface area (Å²) in [7, 11) is 0. The van der Waals surface area contributed by atoms with Crippen LogP contribution in [0, 0.1) is 5.82 Å². The van der Waals surface area contributed by atoms with Crippen molar-refractivity contribution in [2.24, 2.45) is 0 Å². The third-order valence-electron chi connectivity index (χ3n) is 5.26. The van der Waals surface area contributed by atoms with Crippen molar-refractivity contribution in [3.63, 3.8) is 0 Å². The molecular formula is C26H24F2N2O2. The van der Waals surface area contributed by atoms with E-state index in [4.69, 9.17) is 4.74 Å². The number of hydrogen-bond donors (Lipinski definition) is 0. The van der Waals surface area contributed by atoms with Gasteiger partial charge in [0, 0.05) is 25.4 Å². The molecule has 164 valence electrons. The molecule has 0 spiro atoms. The Morgan fingerprint density at radius 2 is 1.62 bits per heavy atom. The summed E-state index contributed by atoms with van der Waals surface area (Å²) in [4.78, 5) is 14.3. The van der Waals surface area contributed by atoms with Crippen LogP contribution < -0.4 is 10.3 Å². The summed E-state index contributed by atoms with van der Waals surface area (Å²) in [6.45, 7) is 1.77. The van der Waals surface area contributed by atoms with Crippen LogP contribution in [0.15, 0.2) is 95.8 Å². The van der Waals surface area contributed by atoms with Crippen molar-refractivity contribution in [3.05, 3.63) is 124 Å². The molecule has 0 unspecified atom stereocenters. The molecule has 2 heterocycles. The highest BCUT2D eigenvalue weighted by atomic mass is 19.1. The number of hydrogen-bond acceptors (Lipinski definition) is 3. The van der Waals surface area contributed by atoms with Gasteiger partial charge in [-0.25, -0.2) is 8.78 Å². The van der Waals surface area contributed by atoms with E-state index in [1.807, 2.05) is 35.4 Å². The van der Waals surface area contributed by atoms with Crippen LogP contribution >= 0.6 is 0 Å². The second kappa shape index (κ2) is 10.1. The number of allylic oxidation sites excluding steroid dienone is 2. The number of benzene rings is 2. The quantitative estimate of drug-likeness (QED) is 0.501. The Morgan fingerprint density at radius 3 is 2.34 bits per heavy atom. The molecule has 3 aromatic rings. The zero-order valence-corrected chi connectivity index (χ0v) is 17.6. The maximum Gasteiger partial charge on any atom is 0.254 e. The molecule has 4 nitrogen and oxygen atoms in total. The highest BCUT2D eigenvalue weighted by Crippen LogP contribution is 2.14. The monoisotopic (exact) mass is 434 g/mol. The van der Waals surface area contributed by atoms with E-state index in [1.165, 1.54) is 24.3 Å². The van der Waals surface area contributed by atoms with Crippen LogP contribution in [0.2, 0.25) is 0 Å². The van der Waals surface area contributed by atoms with Gasteiger partial charge in [0.2, 0.25) is 0 Å². The highest BCUT2D eigenvalue weighted by molar-refractivity contribution is 5.24. The second-order valence-electron chi connectivity index (χ2n) is 7.74. The molecule has 32 heavy (non-hydrogen) atoms. The van der Waals surface area contributed by atoms with Gasteiger partial charge in [-0.2, -0.15) is 0 Å². The zero-order chi connectivity index (χ0) is 22.3. The number of ether oxygens (including phenoxy) is 1. The number of halogens is 2. The van der Waals surface area contributed by atoms with Gasteiger partial charge in [0.25, 0.3) is 5.56 Å². The van der Waals surface area contributed by atoms with Crippen LogP contribution in [0.4, 0.5) is 8.78 Å². The number of aryl methyl sites for hydroxylation is 2. The Balaban J connectivity index is 1.28. The Bertz CT molecular complexity index is 1170. The average molecular weight is 434 g/mol. The fraction of sp³-hybridized carbons (Fsp3) is 0.192. The predicted octanol–water partition coefficient (Wildman–Crippen LogP) is 4.99. The standard InChI is InChI=1S/C26H24F2N2O2/c27-23-9-7-22(8-10-23)19-32-25-12-15-30(26(31)16-25)14-11-20-3-5-21(6-4-20)17-29-13-1-2-24(28)18-29/h1-10,12-13,15-16H,11,14,17-19H2. The Kier molecular flexibility index (Phi) is 6.80. The van der Waals surface area contributed by atoms with Crippen molar-refractivity contribution in [1.29, 1.82) is 0 Å². The third kappa shape index (κ3) is 5.94. The van der Waals surface area contributed by atoms with Crippen LogP contribution in [0.1, 0.15) is 16.7 Å². The van der Waals surface area contributed by atoms with Crippen molar-refractivity contribution in [2.75, 3.05) is 6.54 Å². The molecule has 4 rings (SSSR count). The molecule has 0 N–H and O–H groups in total. The van der Waals surface area contributed by atoms with E-state index in [0.717, 1.165) is 23.1 Å². The number of rotatable bonds is 8. The van der Waals surface area contributed by atoms with E-state index in [2.05, 4.69) is 0 Å². The minimum absolute atomic E-state index is 0.134. The second-order valence-corrected chi connectivity index (χ2v) is 7.74. The van der Waals surface area contributed by atoms with Crippen LogP contribution in [-0.4, -0.2) is 16.0 Å². The number of aromatic nitrogens is 1. The van der Waals surface area contributed by atoms with Gasteiger partial charge in [0.15, 0.2) is 0 Å². The first-order valence-corrected chi connectivity index (χ1v) is 10.5. The summed E-state index contributed by atoms with van der Waals surface area (Å²) >= 11 is 0. The van der Waals surface area contributed by atoms with Gasteiger partial charge in [-0.05, 0) is 59.7 Å². The highest BCUT2D eigenvalue weighted by Gasteiger charge is 2.08. The lowest BCUT2D eigenvalue weighted by Gasteiger charge is -2.21. The molecule has 2 aromatic carbocycles. The zero-order valence-electron chi connectivity index (χ0n) is 17.6. The molecule has 0 atom stereocenters. The van der Waals surface area contributed by atoms with E-state index in [9.17, 15) is 13.6 Å². The van der Waals surface area contributed by atoms with Gasteiger partial charge in [-0.3, -0.25) is 4.79 Å². The van der Waals surface area contributed by atoms with E-state index < -0.39 is 0 Å². The van der Waals surface area contributed by atoms with Crippen LogP contribution in [-0.2, 0) is 26.1 Å². The summed E-state index contributed by atoms with van der Waals surface area (Å²) < 4.78 is 33.6. The third-order valence-corrected chi connectivity index (χ3v) is 5.26. The largest absolute Gasteiger partial charge is 0.489 e. The van der Waals surface area contributed by atoms with E-state index >= 15 is 0 Å². The lowest BCUT2D eigenvalue weighted by atomic mass is 10.1. The Labute approximate surface area is 185 Å². The molecule has 0 radical (unpaired) electrons. The molecule has 0 amide bonds. The topological polar surface area (TPSA) is 34.5 Å². The van der Waals surface area contributed by atoms with Crippen molar-refractivity contribution >= 4 is 0 Å². The van der Waals surface area contributed by atoms with Crippen LogP contribution in [0.3, 0.4) is 0 Å². The van der Waals surface area contributed by atoms with Crippen molar-refractivity contribution in [2.45, 2.75) is 26.1 Å². The van der Waals surface area contributed by atoms with Gasteiger partial charge in [0.1, 0.15) is 24.0 Å². The smallest absolute Gasteiger partial charge is 0.254 e. The molecule has 1 aliphatic heterocycles. The van der Waals surface area contributed by atoms with Crippen LogP contribution in [0.5, 0.6) is 5.75 Å². The SMILES string of the molecule is O=c1cc(OCc2ccc(F)cc2)ccn1CCc1ccc(CN2C=CC=C(F)C2)cc1. The average Bonchev–Trinajstić information content (AvgIpc) is 2.79. The molecule has 0 bridgehead atoms. The maximum atomic E-state index is 13.4. The van der Waals surface area contributed by atoms with Gasteiger partial charge in [-0.15, -0.1) is 0 Å². The first-order valence-electron chi connectivity index (χ1n) is 10.5. The van der Waals surface area contributed by atoms with E-state index in [1.54, 1.807) is 35.0 Å². The molecule has 1 aromatic heterocycles. The Hall–Kier alpha value is -3.67. The maximum absolute atomic E-state index is 13.4. The van der Waals surface area contributed by atoms with Crippen molar-refractivity contribution in [3.8, 4) is 5.75 Å². The molecule has 0 saturated carbocycles. The summed E-state index contributed by atoms with van der Waals surface area (Å²) in [5.74, 6) is 0.0531. The van der Waals surface area contributed by atoms with Gasteiger partial charge < -0.3 is 14.2 Å². The van der Waals surface area contributed by atoms with E-state index in [0.29, 0.717) is 25.4 Å². The van der Waals surface area contributed by atoms with Crippen molar-refractivity contribution < 1.29 is 13.5 Å². The lowest BCUT2D eigenvalue weighted by molar-refractivity contribution is 0.304. The minimum atomic E-state index is -0.294. The molecule has 0 fully saturated rings. The fourth-order valence-corrected chi connectivity index (χ4v) is 3.48. The van der Waals surface area contributed by atoms with Gasteiger partial charge in [0.05, 0.1) is 6.54 Å². The normalized spacial score (nSPS) is 13.2. The van der Waals surface area contributed by atoms with Crippen molar-refractivity contribution in [1.82, 2.24) is 9.47 Å². The van der Waals surface area contributed by atoms with Gasteiger partial charge in [-0.1, -0.05) is 36.4 Å². The van der Waals surface area contributed by atoms with Gasteiger partial charge >= 0.3 is 0 Å². The summed E-state index contributed by atoms with van der Waals surface area (Å²) in [6, 6.07) is 17.4. The minimum Gasteiger partial charge on any atom is -0.489 e. The predicted molar refractivity (Wildman–Crippen MR) is 120 cm³/mol. The summed E-state index contributed by atoms with van der Waals surface area (Å²) in [6.07, 6.45) is 7.52. The van der Waals surface area contributed by atoms with Crippen LogP contribution in [0.25, 0.3) is 0 Å². The first kappa shape index (κ1) is 21.6. The number of nitrogens with zero attached hydrogens (tertiary/aromatic N) is 2. The molecular weight excluding hydrogens is 410 g/mol. The first-order chi connectivity index (χ1) is 15.5.